The quantitative estimate of drug-likeness (QED) is 0.684. The fourth-order valence-corrected chi connectivity index (χ4v) is 2.56. The van der Waals surface area contributed by atoms with Gasteiger partial charge in [0.1, 0.15) is 18.1 Å². The van der Waals surface area contributed by atoms with Gasteiger partial charge in [0.25, 0.3) is 5.56 Å². The third-order valence-corrected chi connectivity index (χ3v) is 3.49. The number of nitrogens with zero attached hydrogens (tertiary/aromatic N) is 3. The van der Waals surface area contributed by atoms with Crippen LogP contribution in [0.25, 0.3) is 16.9 Å². The van der Waals surface area contributed by atoms with Gasteiger partial charge < -0.3 is 4.74 Å². The van der Waals surface area contributed by atoms with E-state index < -0.39 is 0 Å². The Morgan fingerprint density at radius 3 is 2.86 bits per heavy atom. The van der Waals surface area contributed by atoms with Gasteiger partial charge in [0.2, 0.25) is 0 Å². The molecule has 0 spiro atoms. The second-order valence-corrected chi connectivity index (χ2v) is 4.72. The zero-order chi connectivity index (χ0) is 14.2. The first kappa shape index (κ1) is 11.8. The van der Waals surface area contributed by atoms with E-state index in [1.165, 1.54) is 0 Å². The number of fused-ring (bicyclic) bond motifs is 3. The van der Waals surface area contributed by atoms with Crippen molar-refractivity contribution in [2.45, 2.75) is 6.61 Å². The minimum Gasteiger partial charge on any atom is -0.485 e. The number of rotatable bonds is 1. The molecule has 0 amide bonds. The lowest BCUT2D eigenvalue weighted by Gasteiger charge is -2.22. The number of hydrogen-bond donors (Lipinski definition) is 0. The fourth-order valence-electron chi connectivity index (χ4n) is 2.56. The van der Waals surface area contributed by atoms with Crippen LogP contribution >= 0.6 is 0 Å². The Kier molecular flexibility index (Phi) is 2.57. The van der Waals surface area contributed by atoms with Gasteiger partial charge in [-0.2, -0.15) is 0 Å². The average molecular weight is 277 g/mol. The third kappa shape index (κ3) is 1.82. The van der Waals surface area contributed by atoms with Crippen LogP contribution < -0.4 is 10.3 Å². The minimum atomic E-state index is -0.107. The van der Waals surface area contributed by atoms with Crippen LogP contribution in [-0.2, 0) is 6.61 Å². The maximum atomic E-state index is 12.3. The van der Waals surface area contributed by atoms with E-state index in [4.69, 9.17) is 4.74 Å². The molecule has 0 aliphatic carbocycles. The molecule has 0 aromatic carbocycles. The Balaban J connectivity index is 2.02. The molecule has 0 N–H and O–H groups in total. The number of hydrogen-bond acceptors (Lipinski definition) is 4. The van der Waals surface area contributed by atoms with E-state index >= 15 is 0 Å². The van der Waals surface area contributed by atoms with E-state index in [1.54, 1.807) is 41.4 Å². The predicted molar refractivity (Wildman–Crippen MR) is 77.4 cm³/mol. The molecule has 5 nitrogen and oxygen atoms in total. The highest BCUT2D eigenvalue weighted by atomic mass is 16.5. The molecule has 4 rings (SSSR count). The minimum absolute atomic E-state index is 0.107. The summed E-state index contributed by atoms with van der Waals surface area (Å²) in [5.41, 5.74) is 3.09. The van der Waals surface area contributed by atoms with Gasteiger partial charge in [-0.3, -0.25) is 19.3 Å². The zero-order valence-electron chi connectivity index (χ0n) is 11.1. The molecule has 3 aromatic heterocycles. The van der Waals surface area contributed by atoms with Crippen molar-refractivity contribution in [1.82, 2.24) is 14.5 Å². The average Bonchev–Trinajstić information content (AvgIpc) is 2.55. The van der Waals surface area contributed by atoms with Crippen LogP contribution in [0.1, 0.15) is 5.69 Å². The summed E-state index contributed by atoms with van der Waals surface area (Å²) in [5.74, 6) is 0.737. The van der Waals surface area contributed by atoms with Crippen LogP contribution in [0.15, 0.2) is 59.8 Å². The zero-order valence-corrected chi connectivity index (χ0v) is 11.1. The van der Waals surface area contributed by atoms with Crippen molar-refractivity contribution < 1.29 is 4.74 Å². The second kappa shape index (κ2) is 4.56. The Morgan fingerprint density at radius 2 is 2.00 bits per heavy atom. The van der Waals surface area contributed by atoms with Crippen LogP contribution in [0.5, 0.6) is 5.75 Å². The predicted octanol–water partition coefficient (Wildman–Crippen LogP) is 2.19. The van der Waals surface area contributed by atoms with Crippen molar-refractivity contribution in [3.05, 3.63) is 71.0 Å². The molecule has 0 fully saturated rings. The second-order valence-electron chi connectivity index (χ2n) is 4.72. The van der Waals surface area contributed by atoms with Crippen molar-refractivity contribution in [3.63, 3.8) is 0 Å². The molecule has 3 aromatic rings. The summed E-state index contributed by atoms with van der Waals surface area (Å²) in [6, 6.07) is 10.7. The molecule has 4 heterocycles. The molecular formula is C16H11N3O2. The molecule has 5 heteroatoms. The number of ether oxygens (including phenoxy) is 1. The molecule has 0 saturated carbocycles. The Morgan fingerprint density at radius 1 is 1.10 bits per heavy atom. The SMILES string of the molecule is O=c1ccc2c(n1-c1cccnc1)COc1cccnc1-2. The van der Waals surface area contributed by atoms with E-state index in [1.807, 2.05) is 18.2 Å². The van der Waals surface area contributed by atoms with Gasteiger partial charge in [-0.25, -0.2) is 0 Å². The lowest BCUT2D eigenvalue weighted by Crippen LogP contribution is -2.25. The van der Waals surface area contributed by atoms with Crippen molar-refractivity contribution in [1.29, 1.82) is 0 Å². The fraction of sp³-hybridized carbons (Fsp3) is 0.0625. The summed E-state index contributed by atoms with van der Waals surface area (Å²) in [4.78, 5) is 20.7. The van der Waals surface area contributed by atoms with Crippen LogP contribution in [0.3, 0.4) is 0 Å². The third-order valence-electron chi connectivity index (χ3n) is 3.49. The molecule has 1 aliphatic heterocycles. The normalized spacial score (nSPS) is 12.2. The van der Waals surface area contributed by atoms with Gasteiger partial charge in [0.15, 0.2) is 0 Å². The lowest BCUT2D eigenvalue weighted by atomic mass is 10.1. The highest BCUT2D eigenvalue weighted by molar-refractivity contribution is 5.70. The van der Waals surface area contributed by atoms with E-state index in [0.717, 1.165) is 28.4 Å². The first-order valence-electron chi connectivity index (χ1n) is 6.58. The number of aromatic nitrogens is 3. The van der Waals surface area contributed by atoms with Gasteiger partial charge in [0.05, 0.1) is 17.6 Å². The smallest absolute Gasteiger partial charge is 0.255 e. The standard InChI is InChI=1S/C16H11N3O2/c20-15-6-5-12-13(19(15)11-3-1-7-17-9-11)10-21-14-4-2-8-18-16(12)14/h1-9H,10H2. The van der Waals surface area contributed by atoms with Gasteiger partial charge in [-0.15, -0.1) is 0 Å². The highest BCUT2D eigenvalue weighted by Crippen LogP contribution is 2.35. The topological polar surface area (TPSA) is 57.0 Å². The first-order chi connectivity index (χ1) is 10.3. The van der Waals surface area contributed by atoms with Gasteiger partial charge in [-0.05, 0) is 30.3 Å². The largest absolute Gasteiger partial charge is 0.485 e. The summed E-state index contributed by atoms with van der Waals surface area (Å²) < 4.78 is 7.35. The molecule has 102 valence electrons. The van der Waals surface area contributed by atoms with E-state index in [-0.39, 0.29) is 5.56 Å². The van der Waals surface area contributed by atoms with Crippen molar-refractivity contribution in [2.24, 2.45) is 0 Å². The van der Waals surface area contributed by atoms with Crippen LogP contribution in [0.2, 0.25) is 0 Å². The van der Waals surface area contributed by atoms with Gasteiger partial charge in [-0.1, -0.05) is 0 Å². The molecule has 21 heavy (non-hydrogen) atoms. The molecule has 0 saturated heterocycles. The van der Waals surface area contributed by atoms with Gasteiger partial charge >= 0.3 is 0 Å². The van der Waals surface area contributed by atoms with Crippen molar-refractivity contribution in [3.8, 4) is 22.7 Å². The maximum Gasteiger partial charge on any atom is 0.255 e. The Bertz CT molecular complexity index is 872. The molecule has 0 radical (unpaired) electrons. The van der Waals surface area contributed by atoms with E-state index in [9.17, 15) is 4.79 Å². The monoisotopic (exact) mass is 277 g/mol. The first-order valence-corrected chi connectivity index (χ1v) is 6.58. The van der Waals surface area contributed by atoms with Crippen LogP contribution in [0.4, 0.5) is 0 Å². The molecule has 1 aliphatic rings. The highest BCUT2D eigenvalue weighted by Gasteiger charge is 2.22. The van der Waals surface area contributed by atoms with Gasteiger partial charge in [0, 0.05) is 24.0 Å². The molecular weight excluding hydrogens is 266 g/mol. The molecule has 0 bridgehead atoms. The van der Waals surface area contributed by atoms with Crippen LogP contribution in [0, 0.1) is 0 Å². The summed E-state index contributed by atoms with van der Waals surface area (Å²) in [7, 11) is 0. The van der Waals surface area contributed by atoms with Crippen molar-refractivity contribution in [2.75, 3.05) is 0 Å². The molecule has 0 atom stereocenters. The summed E-state index contributed by atoms with van der Waals surface area (Å²) in [5, 5.41) is 0. The van der Waals surface area contributed by atoms with E-state index in [2.05, 4.69) is 9.97 Å². The summed E-state index contributed by atoms with van der Waals surface area (Å²) >= 11 is 0. The summed E-state index contributed by atoms with van der Waals surface area (Å²) in [6.07, 6.45) is 5.06. The van der Waals surface area contributed by atoms with Crippen molar-refractivity contribution >= 4 is 0 Å². The number of pyridine rings is 3. The molecule has 0 unspecified atom stereocenters. The lowest BCUT2D eigenvalue weighted by molar-refractivity contribution is 0.292. The Labute approximate surface area is 120 Å². The Hall–Kier alpha value is -2.95. The van der Waals surface area contributed by atoms with E-state index in [0.29, 0.717) is 6.61 Å². The van der Waals surface area contributed by atoms with Crippen LogP contribution in [-0.4, -0.2) is 14.5 Å². The maximum absolute atomic E-state index is 12.3. The summed E-state index contributed by atoms with van der Waals surface area (Å²) in [6.45, 7) is 0.332.